The number of ketones is 1. The van der Waals surface area contributed by atoms with Gasteiger partial charge in [0, 0.05) is 16.8 Å². The highest BCUT2D eigenvalue weighted by Crippen LogP contribution is 2.45. The summed E-state index contributed by atoms with van der Waals surface area (Å²) in [5.74, 6) is 1.91. The molecule has 2 aromatic carbocycles. The number of furan rings is 1. The lowest BCUT2D eigenvalue weighted by Gasteiger charge is -2.38. The summed E-state index contributed by atoms with van der Waals surface area (Å²) in [6.45, 7) is 0. The normalized spacial score (nSPS) is 15.8. The average molecular weight is 427 g/mol. The van der Waals surface area contributed by atoms with E-state index in [0.717, 1.165) is 36.1 Å². The van der Waals surface area contributed by atoms with Gasteiger partial charge in [-0.3, -0.25) is 4.79 Å². The van der Waals surface area contributed by atoms with Crippen molar-refractivity contribution in [3.05, 3.63) is 58.8 Å². The fourth-order valence-electron chi connectivity index (χ4n) is 4.71. The lowest BCUT2D eigenvalue weighted by Crippen LogP contribution is -2.30. The number of carbonyl (C=O) groups excluding carboxylic acids is 1. The Balaban J connectivity index is 1.57. The van der Waals surface area contributed by atoms with E-state index in [0.29, 0.717) is 22.8 Å². The first kappa shape index (κ1) is 20.8. The average Bonchev–Trinajstić information content (AvgIpc) is 3.21. The maximum absolute atomic E-state index is 13.0. The predicted octanol–water partition coefficient (Wildman–Crippen LogP) is 6.97. The summed E-state index contributed by atoms with van der Waals surface area (Å²) < 4.78 is 16.7. The minimum absolute atomic E-state index is 0.0250. The van der Waals surface area contributed by atoms with Crippen LogP contribution in [0.15, 0.2) is 46.9 Å². The van der Waals surface area contributed by atoms with E-state index in [9.17, 15) is 4.79 Å². The van der Waals surface area contributed by atoms with Gasteiger partial charge in [-0.15, -0.1) is 0 Å². The second-order valence-electron chi connectivity index (χ2n) is 8.13. The van der Waals surface area contributed by atoms with Gasteiger partial charge in [0.25, 0.3) is 0 Å². The Kier molecular flexibility index (Phi) is 6.05. The zero-order valence-electron chi connectivity index (χ0n) is 17.5. The number of methoxy groups -OCH3 is 2. The lowest BCUT2D eigenvalue weighted by atomic mass is 9.66. The van der Waals surface area contributed by atoms with E-state index in [4.69, 9.17) is 25.5 Å². The summed E-state index contributed by atoms with van der Waals surface area (Å²) in [7, 11) is 3.31. The van der Waals surface area contributed by atoms with Crippen molar-refractivity contribution in [1.29, 1.82) is 0 Å². The van der Waals surface area contributed by atoms with E-state index in [1.54, 1.807) is 32.4 Å². The van der Waals surface area contributed by atoms with Crippen molar-refractivity contribution in [2.24, 2.45) is 0 Å². The van der Waals surface area contributed by atoms with Gasteiger partial charge in [-0.1, -0.05) is 36.9 Å². The van der Waals surface area contributed by atoms with Gasteiger partial charge in [0.05, 0.1) is 14.2 Å². The zero-order valence-corrected chi connectivity index (χ0v) is 18.3. The van der Waals surface area contributed by atoms with Crippen LogP contribution in [0.5, 0.6) is 11.5 Å². The van der Waals surface area contributed by atoms with Gasteiger partial charge in [-0.25, -0.2) is 0 Å². The number of Topliss-reactive ketones (excluding diaryl/α,β-unsaturated/α-hetero) is 1. The number of fused-ring (bicyclic) bond motifs is 1. The smallest absolute Gasteiger partial charge is 0.198 e. The van der Waals surface area contributed by atoms with E-state index < -0.39 is 0 Å². The maximum atomic E-state index is 13.0. The molecule has 5 heteroatoms. The zero-order chi connectivity index (χ0) is 21.1. The third-order valence-electron chi connectivity index (χ3n) is 6.39. The van der Waals surface area contributed by atoms with Crippen molar-refractivity contribution >= 4 is 28.4 Å². The van der Waals surface area contributed by atoms with Crippen molar-refractivity contribution in [2.75, 3.05) is 14.2 Å². The molecule has 0 spiro atoms. The largest absolute Gasteiger partial charge is 0.493 e. The molecule has 0 atom stereocenters. The summed E-state index contributed by atoms with van der Waals surface area (Å²) in [5, 5.41) is 1.50. The minimum atomic E-state index is -0.0250. The highest BCUT2D eigenvalue weighted by Gasteiger charge is 2.35. The molecule has 1 aliphatic carbocycles. The van der Waals surface area contributed by atoms with Crippen LogP contribution in [0.3, 0.4) is 0 Å². The molecular formula is C25H27ClO4. The first-order valence-electron chi connectivity index (χ1n) is 10.5. The Labute approximate surface area is 182 Å². The molecule has 0 saturated heterocycles. The van der Waals surface area contributed by atoms with Crippen LogP contribution in [-0.2, 0) is 5.41 Å². The number of benzene rings is 2. The minimum Gasteiger partial charge on any atom is -0.493 e. The van der Waals surface area contributed by atoms with Gasteiger partial charge in [0.1, 0.15) is 5.58 Å². The molecule has 0 radical (unpaired) electrons. The maximum Gasteiger partial charge on any atom is 0.198 e. The third-order valence-corrected chi connectivity index (χ3v) is 6.63. The molecule has 30 heavy (non-hydrogen) atoms. The van der Waals surface area contributed by atoms with Gasteiger partial charge in [-0.2, -0.15) is 0 Å². The van der Waals surface area contributed by atoms with Crippen LogP contribution in [0.25, 0.3) is 11.0 Å². The van der Waals surface area contributed by atoms with E-state index >= 15 is 0 Å². The summed E-state index contributed by atoms with van der Waals surface area (Å²) in [4.78, 5) is 13.0. The van der Waals surface area contributed by atoms with Crippen LogP contribution in [0.2, 0.25) is 5.02 Å². The summed E-state index contributed by atoms with van der Waals surface area (Å²) in [6, 6.07) is 13.4. The third kappa shape index (κ3) is 4.06. The monoisotopic (exact) mass is 426 g/mol. The Morgan fingerprint density at radius 1 is 1.00 bits per heavy atom. The molecule has 1 aromatic heterocycles. The van der Waals surface area contributed by atoms with Gasteiger partial charge in [0.2, 0.25) is 0 Å². The highest BCUT2D eigenvalue weighted by atomic mass is 35.5. The quantitative estimate of drug-likeness (QED) is 0.383. The number of halogens is 1. The molecule has 0 amide bonds. The number of carbonyl (C=O) groups is 1. The molecule has 0 N–H and O–H groups in total. The molecule has 158 valence electrons. The Morgan fingerprint density at radius 3 is 2.50 bits per heavy atom. The molecule has 4 rings (SSSR count). The molecule has 0 unspecified atom stereocenters. The lowest BCUT2D eigenvalue weighted by molar-refractivity contribution is 0.0938. The van der Waals surface area contributed by atoms with Gasteiger partial charge >= 0.3 is 0 Å². The first-order valence-corrected chi connectivity index (χ1v) is 10.9. The van der Waals surface area contributed by atoms with Crippen molar-refractivity contribution in [3.8, 4) is 11.5 Å². The second kappa shape index (κ2) is 8.73. The fraction of sp³-hybridized carbons (Fsp3) is 0.400. The van der Waals surface area contributed by atoms with Gasteiger partial charge in [0.15, 0.2) is 23.0 Å². The Hall–Kier alpha value is -2.46. The van der Waals surface area contributed by atoms with E-state index in [1.165, 1.54) is 24.8 Å². The van der Waals surface area contributed by atoms with Crippen LogP contribution < -0.4 is 9.47 Å². The molecule has 1 fully saturated rings. The van der Waals surface area contributed by atoms with E-state index in [1.807, 2.05) is 12.1 Å². The molecule has 0 aliphatic heterocycles. The number of ether oxygens (including phenoxy) is 2. The fourth-order valence-corrected chi connectivity index (χ4v) is 4.89. The Bertz CT molecular complexity index is 1050. The molecule has 3 aromatic rings. The standard InChI is InChI=1S/C25H27ClO4/c1-28-22-8-6-18(16-24(22)29-2)25(11-4-3-5-12-25)13-10-20(27)23-15-17-14-19(26)7-9-21(17)30-23/h6-9,14-16H,3-5,10-13H2,1-2H3. The molecule has 4 nitrogen and oxygen atoms in total. The molecule has 0 bridgehead atoms. The Morgan fingerprint density at radius 2 is 1.77 bits per heavy atom. The predicted molar refractivity (Wildman–Crippen MR) is 119 cm³/mol. The number of rotatable bonds is 7. The molecule has 1 aliphatic rings. The first-order chi connectivity index (χ1) is 14.5. The molecular weight excluding hydrogens is 400 g/mol. The van der Waals surface area contributed by atoms with Crippen molar-refractivity contribution in [1.82, 2.24) is 0 Å². The van der Waals surface area contributed by atoms with Crippen LogP contribution in [0.1, 0.15) is 61.1 Å². The second-order valence-corrected chi connectivity index (χ2v) is 8.56. The summed E-state index contributed by atoms with van der Waals surface area (Å²) >= 11 is 6.06. The van der Waals surface area contributed by atoms with Crippen LogP contribution in [0, 0.1) is 0 Å². The highest BCUT2D eigenvalue weighted by molar-refractivity contribution is 6.31. The molecule has 1 saturated carbocycles. The number of hydrogen-bond donors (Lipinski definition) is 0. The van der Waals surface area contributed by atoms with Crippen LogP contribution in [-0.4, -0.2) is 20.0 Å². The van der Waals surface area contributed by atoms with E-state index in [2.05, 4.69) is 12.1 Å². The van der Waals surface area contributed by atoms with Crippen molar-refractivity contribution in [3.63, 3.8) is 0 Å². The van der Waals surface area contributed by atoms with Gasteiger partial charge < -0.3 is 13.9 Å². The van der Waals surface area contributed by atoms with E-state index in [-0.39, 0.29) is 11.2 Å². The van der Waals surface area contributed by atoms with Crippen LogP contribution >= 0.6 is 11.6 Å². The van der Waals surface area contributed by atoms with Crippen molar-refractivity contribution < 1.29 is 18.7 Å². The van der Waals surface area contributed by atoms with Crippen LogP contribution in [0.4, 0.5) is 0 Å². The van der Waals surface area contributed by atoms with Gasteiger partial charge in [-0.05, 0) is 66.6 Å². The van der Waals surface area contributed by atoms with Crippen molar-refractivity contribution in [2.45, 2.75) is 50.4 Å². The topological polar surface area (TPSA) is 48.7 Å². The summed E-state index contributed by atoms with van der Waals surface area (Å²) in [6.07, 6.45) is 6.97. The number of hydrogen-bond acceptors (Lipinski definition) is 4. The summed E-state index contributed by atoms with van der Waals surface area (Å²) in [5.41, 5.74) is 1.89. The SMILES string of the molecule is COc1ccc(C2(CCC(=O)c3cc4cc(Cl)ccc4o3)CCCCC2)cc1OC. The molecule has 1 heterocycles.